The first-order chi connectivity index (χ1) is 12.9. The van der Waals surface area contributed by atoms with Crippen molar-refractivity contribution in [3.8, 4) is 5.75 Å². The molecule has 2 aromatic carbocycles. The lowest BCUT2D eigenvalue weighted by atomic mass is 10.2. The highest BCUT2D eigenvalue weighted by atomic mass is 35.5. The van der Waals surface area contributed by atoms with E-state index in [2.05, 4.69) is 10.6 Å². The molecular weight excluding hydrogens is 366 g/mol. The molecule has 3 N–H and O–H groups in total. The number of quaternary nitrogens is 1. The second-order valence-electron chi connectivity index (χ2n) is 6.24. The zero-order chi connectivity index (χ0) is 19.8. The summed E-state index contributed by atoms with van der Waals surface area (Å²) in [6.45, 7) is 4.89. The molecule has 0 bridgehead atoms. The first-order valence-corrected chi connectivity index (χ1v) is 9.12. The Hall–Kier alpha value is -2.57. The number of halogens is 1. The fourth-order valence-corrected chi connectivity index (χ4v) is 2.83. The van der Waals surface area contributed by atoms with Gasteiger partial charge in [0.2, 0.25) is 0 Å². The summed E-state index contributed by atoms with van der Waals surface area (Å²) in [6, 6.07) is 12.4. The van der Waals surface area contributed by atoms with Gasteiger partial charge in [0.15, 0.2) is 13.1 Å². The van der Waals surface area contributed by atoms with E-state index in [1.807, 2.05) is 13.8 Å². The Kier molecular flexibility index (Phi) is 7.64. The number of ether oxygens (including phenoxy) is 1. The monoisotopic (exact) mass is 390 g/mol. The summed E-state index contributed by atoms with van der Waals surface area (Å²) >= 11 is 5.93. The molecule has 0 heterocycles. The molecule has 2 aromatic rings. The van der Waals surface area contributed by atoms with Crippen LogP contribution in [0.5, 0.6) is 5.75 Å². The molecule has 0 radical (unpaired) electrons. The lowest BCUT2D eigenvalue weighted by Gasteiger charge is -2.17. The highest BCUT2D eigenvalue weighted by Crippen LogP contribution is 2.19. The molecule has 0 aromatic heterocycles. The van der Waals surface area contributed by atoms with Crippen LogP contribution in [0.3, 0.4) is 0 Å². The summed E-state index contributed by atoms with van der Waals surface area (Å²) in [4.78, 5) is 25.4. The third kappa shape index (κ3) is 6.58. The van der Waals surface area contributed by atoms with Crippen LogP contribution in [0.2, 0.25) is 5.02 Å². The molecular formula is C20H25ClN3O3+. The summed E-state index contributed by atoms with van der Waals surface area (Å²) in [7, 11) is 1.59. The maximum atomic E-state index is 12.3. The highest BCUT2D eigenvalue weighted by molar-refractivity contribution is 6.30. The lowest BCUT2D eigenvalue weighted by molar-refractivity contribution is -0.881. The van der Waals surface area contributed by atoms with Gasteiger partial charge in [-0.2, -0.15) is 0 Å². The number of carbonyl (C=O) groups is 2. The first kappa shape index (κ1) is 20.7. The minimum Gasteiger partial charge on any atom is -0.497 e. The van der Waals surface area contributed by atoms with E-state index in [9.17, 15) is 9.59 Å². The van der Waals surface area contributed by atoms with Crippen LogP contribution in [-0.4, -0.2) is 38.6 Å². The minimum absolute atomic E-state index is 0.144. The smallest absolute Gasteiger partial charge is 0.279 e. The number of methoxy groups -OCH3 is 1. The highest BCUT2D eigenvalue weighted by Gasteiger charge is 2.17. The standard InChI is InChI=1S/C20H24ClN3O3/c1-4-24(12-19(25)22-16-6-8-17(27-3)9-7-16)13-20(26)23-18-10-5-15(21)11-14(18)2/h5-11H,4,12-13H2,1-3H3,(H,22,25)(H,23,26)/p+1. The summed E-state index contributed by atoms with van der Waals surface area (Å²) < 4.78 is 5.09. The lowest BCUT2D eigenvalue weighted by Crippen LogP contribution is -3.13. The molecule has 2 rings (SSSR count). The topological polar surface area (TPSA) is 71.9 Å². The minimum atomic E-state index is -0.146. The molecule has 0 spiro atoms. The van der Waals surface area contributed by atoms with Crippen LogP contribution >= 0.6 is 11.6 Å². The van der Waals surface area contributed by atoms with E-state index in [-0.39, 0.29) is 24.9 Å². The molecule has 2 amide bonds. The van der Waals surface area contributed by atoms with Crippen LogP contribution in [0.25, 0.3) is 0 Å². The fraction of sp³-hybridized carbons (Fsp3) is 0.300. The number of likely N-dealkylation sites (N-methyl/N-ethyl adjacent to an activating group) is 1. The van der Waals surface area contributed by atoms with E-state index >= 15 is 0 Å². The largest absolute Gasteiger partial charge is 0.497 e. The molecule has 6 nitrogen and oxygen atoms in total. The number of amides is 2. The van der Waals surface area contributed by atoms with Gasteiger partial charge in [-0.25, -0.2) is 0 Å². The Balaban J connectivity index is 1.87. The molecule has 0 saturated heterocycles. The van der Waals surface area contributed by atoms with E-state index in [0.717, 1.165) is 21.9 Å². The predicted octanol–water partition coefficient (Wildman–Crippen LogP) is 2.14. The van der Waals surface area contributed by atoms with Crippen molar-refractivity contribution in [1.29, 1.82) is 0 Å². The van der Waals surface area contributed by atoms with Gasteiger partial charge in [-0.1, -0.05) is 11.6 Å². The molecule has 7 heteroatoms. The van der Waals surface area contributed by atoms with Crippen molar-refractivity contribution in [2.45, 2.75) is 13.8 Å². The molecule has 144 valence electrons. The predicted molar refractivity (Wildman–Crippen MR) is 108 cm³/mol. The maximum absolute atomic E-state index is 12.3. The first-order valence-electron chi connectivity index (χ1n) is 8.74. The maximum Gasteiger partial charge on any atom is 0.279 e. The van der Waals surface area contributed by atoms with Crippen LogP contribution in [0.15, 0.2) is 42.5 Å². The van der Waals surface area contributed by atoms with E-state index in [0.29, 0.717) is 17.3 Å². The third-order valence-corrected chi connectivity index (χ3v) is 4.39. The van der Waals surface area contributed by atoms with Gasteiger partial charge in [0, 0.05) is 16.4 Å². The molecule has 0 aliphatic rings. The van der Waals surface area contributed by atoms with Gasteiger partial charge in [0.05, 0.1) is 13.7 Å². The Labute approximate surface area is 164 Å². The second kappa shape index (κ2) is 9.94. The quantitative estimate of drug-likeness (QED) is 0.646. The summed E-state index contributed by atoms with van der Waals surface area (Å²) in [5.74, 6) is 0.435. The van der Waals surface area contributed by atoms with Crippen LogP contribution in [0.4, 0.5) is 11.4 Å². The number of hydrogen-bond acceptors (Lipinski definition) is 3. The number of anilines is 2. The normalized spacial score (nSPS) is 11.6. The molecule has 1 atom stereocenters. The Bertz CT molecular complexity index is 794. The fourth-order valence-electron chi connectivity index (χ4n) is 2.61. The van der Waals surface area contributed by atoms with Crippen molar-refractivity contribution in [2.24, 2.45) is 0 Å². The SMILES string of the molecule is CC[NH+](CC(=O)Nc1ccc(OC)cc1)CC(=O)Nc1ccc(Cl)cc1C. The molecule has 0 fully saturated rings. The average molecular weight is 391 g/mol. The van der Waals surface area contributed by atoms with Crippen molar-refractivity contribution in [3.05, 3.63) is 53.1 Å². The number of nitrogens with one attached hydrogen (secondary N) is 3. The van der Waals surface area contributed by atoms with E-state index in [1.54, 1.807) is 49.6 Å². The Morgan fingerprint density at radius 1 is 1.04 bits per heavy atom. The number of benzene rings is 2. The van der Waals surface area contributed by atoms with Crippen LogP contribution in [-0.2, 0) is 9.59 Å². The number of hydrogen-bond donors (Lipinski definition) is 3. The zero-order valence-electron chi connectivity index (χ0n) is 15.8. The van der Waals surface area contributed by atoms with Gasteiger partial charge in [-0.3, -0.25) is 9.59 Å². The molecule has 0 saturated carbocycles. The molecule has 27 heavy (non-hydrogen) atoms. The van der Waals surface area contributed by atoms with Gasteiger partial charge in [-0.05, 0) is 61.9 Å². The third-order valence-electron chi connectivity index (χ3n) is 4.16. The van der Waals surface area contributed by atoms with E-state index < -0.39 is 0 Å². The van der Waals surface area contributed by atoms with Crippen molar-refractivity contribution < 1.29 is 19.2 Å². The Morgan fingerprint density at radius 3 is 2.22 bits per heavy atom. The van der Waals surface area contributed by atoms with Gasteiger partial charge >= 0.3 is 0 Å². The second-order valence-corrected chi connectivity index (χ2v) is 6.68. The Morgan fingerprint density at radius 2 is 1.67 bits per heavy atom. The van der Waals surface area contributed by atoms with Crippen molar-refractivity contribution >= 4 is 34.8 Å². The van der Waals surface area contributed by atoms with Gasteiger partial charge in [0.25, 0.3) is 11.8 Å². The van der Waals surface area contributed by atoms with Gasteiger partial charge in [-0.15, -0.1) is 0 Å². The van der Waals surface area contributed by atoms with Crippen molar-refractivity contribution in [3.63, 3.8) is 0 Å². The number of carbonyl (C=O) groups excluding carboxylic acids is 2. The van der Waals surface area contributed by atoms with E-state index in [1.165, 1.54) is 0 Å². The van der Waals surface area contributed by atoms with Gasteiger partial charge in [0.1, 0.15) is 5.75 Å². The van der Waals surface area contributed by atoms with Crippen molar-refractivity contribution in [1.82, 2.24) is 0 Å². The van der Waals surface area contributed by atoms with Crippen LogP contribution < -0.4 is 20.3 Å². The molecule has 0 aliphatic heterocycles. The van der Waals surface area contributed by atoms with E-state index in [4.69, 9.17) is 16.3 Å². The molecule has 1 unspecified atom stereocenters. The van der Waals surface area contributed by atoms with Crippen LogP contribution in [0, 0.1) is 6.92 Å². The van der Waals surface area contributed by atoms with Crippen LogP contribution in [0.1, 0.15) is 12.5 Å². The number of aryl methyl sites for hydroxylation is 1. The summed E-state index contributed by atoms with van der Waals surface area (Å²) in [5.41, 5.74) is 2.31. The summed E-state index contributed by atoms with van der Waals surface area (Å²) in [5, 5.41) is 6.33. The van der Waals surface area contributed by atoms with Crippen molar-refractivity contribution in [2.75, 3.05) is 37.4 Å². The van der Waals surface area contributed by atoms with Gasteiger partial charge < -0.3 is 20.3 Å². The average Bonchev–Trinajstić information content (AvgIpc) is 2.64. The number of rotatable bonds is 8. The zero-order valence-corrected chi connectivity index (χ0v) is 16.5. The molecule has 0 aliphatic carbocycles. The summed E-state index contributed by atoms with van der Waals surface area (Å²) in [6.07, 6.45) is 0.